The van der Waals surface area contributed by atoms with Gasteiger partial charge in [-0.05, 0) is 56.5 Å². The lowest BCUT2D eigenvalue weighted by Crippen LogP contribution is -2.41. The summed E-state index contributed by atoms with van der Waals surface area (Å²) in [6.45, 7) is 3.68. The van der Waals surface area contributed by atoms with Crippen LogP contribution in [0.1, 0.15) is 36.2 Å². The normalized spacial score (nSPS) is 12.9. The molecule has 132 valence electrons. The summed E-state index contributed by atoms with van der Waals surface area (Å²) in [5.41, 5.74) is 6.85. The van der Waals surface area contributed by atoms with E-state index in [2.05, 4.69) is 17.4 Å². The van der Waals surface area contributed by atoms with Crippen LogP contribution in [-0.2, 0) is 11.2 Å². The third-order valence-corrected chi connectivity index (χ3v) is 3.92. The van der Waals surface area contributed by atoms with Crippen molar-refractivity contribution in [3.8, 4) is 5.75 Å². The number of ether oxygens (including phenoxy) is 1. The van der Waals surface area contributed by atoms with Gasteiger partial charge in [-0.3, -0.25) is 9.59 Å². The fraction of sp³-hybridized carbons (Fsp3) is 0.300. The molecule has 5 heteroatoms. The Morgan fingerprint density at radius 2 is 1.68 bits per heavy atom. The van der Waals surface area contributed by atoms with Crippen LogP contribution in [0.2, 0.25) is 0 Å². The monoisotopic (exact) mass is 340 g/mol. The number of carbonyl (C=O) groups is 2. The minimum atomic E-state index is -0.626. The van der Waals surface area contributed by atoms with Crippen LogP contribution >= 0.6 is 0 Å². The van der Waals surface area contributed by atoms with Gasteiger partial charge >= 0.3 is 0 Å². The first kappa shape index (κ1) is 18.5. The van der Waals surface area contributed by atoms with E-state index in [1.54, 1.807) is 31.2 Å². The second-order valence-corrected chi connectivity index (χ2v) is 6.08. The summed E-state index contributed by atoms with van der Waals surface area (Å²) in [6, 6.07) is 16.6. The van der Waals surface area contributed by atoms with Crippen molar-refractivity contribution in [3.63, 3.8) is 0 Å². The predicted octanol–water partition coefficient (Wildman–Crippen LogP) is 2.69. The average molecular weight is 340 g/mol. The number of hydrogen-bond donors (Lipinski definition) is 2. The lowest BCUT2D eigenvalue weighted by Gasteiger charge is -2.19. The summed E-state index contributed by atoms with van der Waals surface area (Å²) >= 11 is 0. The first-order chi connectivity index (χ1) is 12.0. The summed E-state index contributed by atoms with van der Waals surface area (Å²) in [6.07, 6.45) is 1.14. The quantitative estimate of drug-likeness (QED) is 0.775. The van der Waals surface area contributed by atoms with E-state index in [-0.39, 0.29) is 11.9 Å². The van der Waals surface area contributed by atoms with E-state index in [1.807, 2.05) is 25.1 Å². The maximum atomic E-state index is 12.2. The van der Waals surface area contributed by atoms with E-state index in [0.29, 0.717) is 11.3 Å². The molecule has 2 unspecified atom stereocenters. The molecule has 0 fully saturated rings. The van der Waals surface area contributed by atoms with Gasteiger partial charge in [0.05, 0.1) is 0 Å². The molecule has 0 radical (unpaired) electrons. The molecule has 2 aromatic carbocycles. The smallest absolute Gasteiger partial charge is 0.260 e. The number of benzene rings is 2. The number of carbonyl (C=O) groups excluding carboxylic acids is 2. The lowest BCUT2D eigenvalue weighted by molar-refractivity contribution is -0.127. The molecule has 0 saturated carbocycles. The van der Waals surface area contributed by atoms with Crippen LogP contribution in [0.4, 0.5) is 0 Å². The zero-order valence-electron chi connectivity index (χ0n) is 14.6. The summed E-state index contributed by atoms with van der Waals surface area (Å²) in [5, 5.41) is 2.96. The topological polar surface area (TPSA) is 81.4 Å². The Balaban J connectivity index is 1.79. The van der Waals surface area contributed by atoms with Crippen LogP contribution in [0, 0.1) is 0 Å². The van der Waals surface area contributed by atoms with Gasteiger partial charge in [-0.2, -0.15) is 0 Å². The highest BCUT2D eigenvalue weighted by Gasteiger charge is 2.17. The summed E-state index contributed by atoms with van der Waals surface area (Å²) in [5.74, 6) is -0.145. The maximum absolute atomic E-state index is 12.2. The molecular weight excluding hydrogens is 316 g/mol. The van der Waals surface area contributed by atoms with Crippen molar-refractivity contribution in [2.45, 2.75) is 38.8 Å². The highest BCUT2D eigenvalue weighted by Crippen LogP contribution is 2.14. The second kappa shape index (κ2) is 8.87. The van der Waals surface area contributed by atoms with Crippen LogP contribution in [0.15, 0.2) is 54.6 Å². The molecular formula is C20H24N2O3. The SMILES string of the molecule is CC(CCc1ccccc1)NC(=O)C(C)Oc1ccc(C(N)=O)cc1. The van der Waals surface area contributed by atoms with Gasteiger partial charge < -0.3 is 15.8 Å². The first-order valence-corrected chi connectivity index (χ1v) is 8.36. The van der Waals surface area contributed by atoms with Crippen LogP contribution in [0.25, 0.3) is 0 Å². The average Bonchev–Trinajstić information content (AvgIpc) is 2.61. The van der Waals surface area contributed by atoms with E-state index in [9.17, 15) is 9.59 Å². The number of primary amides is 1. The Kier molecular flexibility index (Phi) is 6.57. The van der Waals surface area contributed by atoms with Crippen LogP contribution < -0.4 is 15.8 Å². The maximum Gasteiger partial charge on any atom is 0.260 e. The van der Waals surface area contributed by atoms with Gasteiger partial charge in [0, 0.05) is 11.6 Å². The highest BCUT2D eigenvalue weighted by atomic mass is 16.5. The minimum Gasteiger partial charge on any atom is -0.481 e. The Morgan fingerprint density at radius 3 is 2.28 bits per heavy atom. The van der Waals surface area contributed by atoms with E-state index in [1.165, 1.54) is 5.56 Å². The second-order valence-electron chi connectivity index (χ2n) is 6.08. The van der Waals surface area contributed by atoms with Gasteiger partial charge in [-0.1, -0.05) is 30.3 Å². The van der Waals surface area contributed by atoms with Crippen molar-refractivity contribution in [2.75, 3.05) is 0 Å². The van der Waals surface area contributed by atoms with E-state index in [4.69, 9.17) is 10.5 Å². The largest absolute Gasteiger partial charge is 0.481 e. The highest BCUT2D eigenvalue weighted by molar-refractivity contribution is 5.92. The molecule has 0 heterocycles. The molecule has 5 nitrogen and oxygen atoms in total. The van der Waals surface area contributed by atoms with Gasteiger partial charge in [0.2, 0.25) is 5.91 Å². The molecule has 0 aliphatic rings. The fourth-order valence-electron chi connectivity index (χ4n) is 2.42. The molecule has 0 spiro atoms. The number of nitrogens with one attached hydrogen (secondary N) is 1. The van der Waals surface area contributed by atoms with Gasteiger partial charge in [0.15, 0.2) is 6.10 Å². The van der Waals surface area contributed by atoms with Crippen LogP contribution in [-0.4, -0.2) is 24.0 Å². The van der Waals surface area contributed by atoms with Crippen molar-refractivity contribution in [1.29, 1.82) is 0 Å². The van der Waals surface area contributed by atoms with E-state index in [0.717, 1.165) is 12.8 Å². The summed E-state index contributed by atoms with van der Waals surface area (Å²) in [4.78, 5) is 23.3. The molecule has 0 bridgehead atoms. The zero-order chi connectivity index (χ0) is 18.2. The number of nitrogens with two attached hydrogens (primary N) is 1. The molecule has 0 aliphatic carbocycles. The Hall–Kier alpha value is -2.82. The van der Waals surface area contributed by atoms with Gasteiger partial charge in [0.1, 0.15) is 5.75 Å². The molecule has 0 aromatic heterocycles. The molecule has 2 aromatic rings. The van der Waals surface area contributed by atoms with Crippen LogP contribution in [0.5, 0.6) is 5.75 Å². The Bertz CT molecular complexity index is 699. The van der Waals surface area contributed by atoms with Gasteiger partial charge in [0.25, 0.3) is 5.91 Å². The number of hydrogen-bond acceptors (Lipinski definition) is 3. The Labute approximate surface area is 148 Å². The molecule has 2 rings (SSSR count). The van der Waals surface area contributed by atoms with Crippen molar-refractivity contribution in [2.24, 2.45) is 5.73 Å². The van der Waals surface area contributed by atoms with Crippen molar-refractivity contribution < 1.29 is 14.3 Å². The van der Waals surface area contributed by atoms with Crippen molar-refractivity contribution in [1.82, 2.24) is 5.32 Å². The first-order valence-electron chi connectivity index (χ1n) is 8.36. The lowest BCUT2D eigenvalue weighted by atomic mass is 10.1. The van der Waals surface area contributed by atoms with E-state index >= 15 is 0 Å². The number of amides is 2. The van der Waals surface area contributed by atoms with Crippen LogP contribution in [0.3, 0.4) is 0 Å². The van der Waals surface area contributed by atoms with Gasteiger partial charge in [-0.25, -0.2) is 0 Å². The molecule has 2 amide bonds. The Morgan fingerprint density at radius 1 is 1.04 bits per heavy atom. The summed E-state index contributed by atoms with van der Waals surface area (Å²) < 4.78 is 5.61. The number of rotatable bonds is 8. The fourth-order valence-corrected chi connectivity index (χ4v) is 2.42. The standard InChI is InChI=1S/C20H24N2O3/c1-14(8-9-16-6-4-3-5-7-16)22-20(24)15(2)25-18-12-10-17(11-13-18)19(21)23/h3-7,10-15H,8-9H2,1-2H3,(H2,21,23)(H,22,24). The summed E-state index contributed by atoms with van der Waals surface area (Å²) in [7, 11) is 0. The minimum absolute atomic E-state index is 0.0518. The molecule has 25 heavy (non-hydrogen) atoms. The molecule has 3 N–H and O–H groups in total. The zero-order valence-corrected chi connectivity index (χ0v) is 14.6. The van der Waals surface area contributed by atoms with Crippen molar-refractivity contribution in [3.05, 3.63) is 65.7 Å². The molecule has 2 atom stereocenters. The molecule has 0 saturated heterocycles. The van der Waals surface area contributed by atoms with Gasteiger partial charge in [-0.15, -0.1) is 0 Å². The third kappa shape index (κ3) is 5.95. The molecule has 0 aliphatic heterocycles. The van der Waals surface area contributed by atoms with E-state index < -0.39 is 12.0 Å². The number of aryl methyl sites for hydroxylation is 1. The predicted molar refractivity (Wildman–Crippen MR) is 97.4 cm³/mol. The third-order valence-electron chi connectivity index (χ3n) is 3.92. The van der Waals surface area contributed by atoms with Crippen molar-refractivity contribution >= 4 is 11.8 Å².